The minimum Gasteiger partial charge on any atom is -0.492 e. The lowest BCUT2D eigenvalue weighted by molar-refractivity contribution is -0.120. The lowest BCUT2D eigenvalue weighted by Gasteiger charge is -2.32. The summed E-state index contributed by atoms with van der Waals surface area (Å²) in [5.41, 5.74) is 0.0744. The molecule has 3 rings (SSSR count). The molecule has 5 heteroatoms. The molecule has 2 aliphatic heterocycles. The third kappa shape index (κ3) is 3.66. The molecule has 1 aromatic carbocycles. The molecule has 0 spiro atoms. The Morgan fingerprint density at radius 3 is 2.96 bits per heavy atom. The Hall–Kier alpha value is -2.04. The van der Waals surface area contributed by atoms with Crippen LogP contribution in [0.4, 0.5) is 0 Å². The van der Waals surface area contributed by atoms with Crippen LogP contribution in [0.3, 0.4) is 0 Å². The number of ketones is 1. The molecular weight excluding hydrogens is 294 g/mol. The van der Waals surface area contributed by atoms with Crippen LogP contribution in [0.1, 0.15) is 49.9 Å². The van der Waals surface area contributed by atoms with E-state index in [0.29, 0.717) is 49.0 Å². The summed E-state index contributed by atoms with van der Waals surface area (Å²) in [5.74, 6) is 1.67. The van der Waals surface area contributed by atoms with Gasteiger partial charge < -0.3 is 14.8 Å². The number of amides is 1. The molecule has 1 N–H and O–H groups in total. The van der Waals surface area contributed by atoms with Crippen molar-refractivity contribution in [2.24, 2.45) is 5.92 Å². The van der Waals surface area contributed by atoms with Crippen molar-refractivity contribution in [3.63, 3.8) is 0 Å². The molecule has 1 saturated heterocycles. The summed E-state index contributed by atoms with van der Waals surface area (Å²) in [5, 5.41) is 2.87. The maximum Gasteiger partial charge on any atom is 0.220 e. The average molecular weight is 317 g/mol. The summed E-state index contributed by atoms with van der Waals surface area (Å²) in [6, 6.07) is 5.48. The van der Waals surface area contributed by atoms with Crippen molar-refractivity contribution in [1.82, 2.24) is 5.32 Å². The molecule has 1 aromatic rings. The van der Waals surface area contributed by atoms with Gasteiger partial charge in [-0.1, -0.05) is 6.07 Å². The Balaban J connectivity index is 1.72. The topological polar surface area (TPSA) is 64.6 Å². The van der Waals surface area contributed by atoms with E-state index in [1.807, 2.05) is 32.0 Å². The van der Waals surface area contributed by atoms with Gasteiger partial charge in [0.2, 0.25) is 5.91 Å². The van der Waals surface area contributed by atoms with Gasteiger partial charge in [-0.25, -0.2) is 0 Å². The number of hydrogen-bond acceptors (Lipinski definition) is 4. The molecule has 0 aliphatic carbocycles. The highest BCUT2D eigenvalue weighted by molar-refractivity contribution is 6.02. The van der Waals surface area contributed by atoms with E-state index in [9.17, 15) is 9.59 Å². The molecule has 23 heavy (non-hydrogen) atoms. The second-order valence-corrected chi connectivity index (χ2v) is 6.95. The number of rotatable bonds is 3. The Kier molecular flexibility index (Phi) is 4.28. The van der Waals surface area contributed by atoms with Crippen LogP contribution < -0.4 is 14.8 Å². The van der Waals surface area contributed by atoms with Gasteiger partial charge in [0, 0.05) is 13.0 Å². The third-order valence-electron chi connectivity index (χ3n) is 4.37. The number of Topliss-reactive ketones (excluding diaryl/α,β-unsaturated/α-hetero) is 1. The molecule has 0 bridgehead atoms. The van der Waals surface area contributed by atoms with E-state index in [1.54, 1.807) is 0 Å². The third-order valence-corrected chi connectivity index (χ3v) is 4.37. The predicted octanol–water partition coefficient (Wildman–Crippen LogP) is 2.73. The fraction of sp³-hybridized carbons (Fsp3) is 0.556. The Labute approximate surface area is 136 Å². The fourth-order valence-electron chi connectivity index (χ4n) is 3.16. The van der Waals surface area contributed by atoms with Crippen molar-refractivity contribution in [1.29, 1.82) is 0 Å². The lowest BCUT2D eigenvalue weighted by atomic mass is 9.92. The maximum absolute atomic E-state index is 12.5. The van der Waals surface area contributed by atoms with Crippen LogP contribution in [0.2, 0.25) is 0 Å². The van der Waals surface area contributed by atoms with Crippen molar-refractivity contribution >= 4 is 11.7 Å². The Morgan fingerprint density at radius 1 is 1.30 bits per heavy atom. The maximum atomic E-state index is 12.5. The summed E-state index contributed by atoms with van der Waals surface area (Å²) >= 11 is 0. The highest BCUT2D eigenvalue weighted by atomic mass is 16.5. The van der Waals surface area contributed by atoms with Crippen LogP contribution in [0.25, 0.3) is 0 Å². The largest absolute Gasteiger partial charge is 0.492 e. The number of nitrogens with one attached hydrogen (secondary N) is 1. The molecule has 5 nitrogen and oxygen atoms in total. The zero-order chi connectivity index (χ0) is 16.4. The van der Waals surface area contributed by atoms with Gasteiger partial charge in [0.25, 0.3) is 0 Å². The first-order chi connectivity index (χ1) is 10.9. The van der Waals surface area contributed by atoms with E-state index >= 15 is 0 Å². The Morgan fingerprint density at radius 2 is 2.13 bits per heavy atom. The minimum atomic E-state index is -0.476. The molecule has 0 radical (unpaired) electrons. The van der Waals surface area contributed by atoms with Crippen molar-refractivity contribution in [2.45, 2.75) is 45.1 Å². The highest BCUT2D eigenvalue weighted by Gasteiger charge is 2.34. The molecular formula is C18H23NO4. The Bertz CT molecular complexity index is 623. The van der Waals surface area contributed by atoms with Gasteiger partial charge in [-0.15, -0.1) is 0 Å². The van der Waals surface area contributed by atoms with Gasteiger partial charge in [-0.2, -0.15) is 0 Å². The normalized spacial score (nSPS) is 23.3. The lowest BCUT2D eigenvalue weighted by Crippen LogP contribution is -2.36. The van der Waals surface area contributed by atoms with Crippen LogP contribution in [-0.4, -0.2) is 30.4 Å². The molecule has 2 heterocycles. The second-order valence-electron chi connectivity index (χ2n) is 6.95. The first-order valence-electron chi connectivity index (χ1n) is 8.19. The summed E-state index contributed by atoms with van der Waals surface area (Å²) in [6.07, 6.45) is 2.61. The molecule has 1 amide bonds. The van der Waals surface area contributed by atoms with Gasteiger partial charge in [0.15, 0.2) is 5.78 Å². The van der Waals surface area contributed by atoms with E-state index < -0.39 is 5.60 Å². The van der Waals surface area contributed by atoms with Gasteiger partial charge in [0.1, 0.15) is 22.7 Å². The number of benzene rings is 1. The summed E-state index contributed by atoms with van der Waals surface area (Å²) < 4.78 is 11.8. The van der Waals surface area contributed by atoms with Crippen LogP contribution >= 0.6 is 0 Å². The first-order valence-corrected chi connectivity index (χ1v) is 8.19. The molecule has 124 valence electrons. The van der Waals surface area contributed by atoms with Crippen LogP contribution in [0.15, 0.2) is 18.2 Å². The average Bonchev–Trinajstić information content (AvgIpc) is 2.68. The van der Waals surface area contributed by atoms with Crippen molar-refractivity contribution in [3.8, 4) is 11.5 Å². The van der Waals surface area contributed by atoms with Crippen LogP contribution in [0.5, 0.6) is 11.5 Å². The SMILES string of the molecule is CC1(C)CC(=O)c2c(OCC3CCNC(=O)CC3)cccc2O1. The van der Waals surface area contributed by atoms with Crippen LogP contribution in [-0.2, 0) is 4.79 Å². The molecule has 2 aliphatic rings. The van der Waals surface area contributed by atoms with Gasteiger partial charge in [0.05, 0.1) is 13.0 Å². The van der Waals surface area contributed by atoms with Gasteiger partial charge in [-0.3, -0.25) is 9.59 Å². The van der Waals surface area contributed by atoms with Crippen molar-refractivity contribution in [2.75, 3.05) is 13.2 Å². The smallest absolute Gasteiger partial charge is 0.220 e. The highest BCUT2D eigenvalue weighted by Crippen LogP contribution is 2.38. The summed E-state index contributed by atoms with van der Waals surface area (Å²) in [4.78, 5) is 23.8. The predicted molar refractivity (Wildman–Crippen MR) is 85.9 cm³/mol. The number of carbonyl (C=O) groups excluding carboxylic acids is 2. The standard InChI is InChI=1S/C18H23NO4/c1-18(2)10-13(20)17-14(4-3-5-15(17)23-18)22-11-12-6-7-16(21)19-9-8-12/h3-5,12H,6-11H2,1-2H3,(H,19,21). The fourth-order valence-corrected chi connectivity index (χ4v) is 3.16. The number of ether oxygens (including phenoxy) is 2. The number of hydrogen-bond donors (Lipinski definition) is 1. The molecule has 1 fully saturated rings. The second kappa shape index (κ2) is 6.22. The summed E-state index contributed by atoms with van der Waals surface area (Å²) in [7, 11) is 0. The minimum absolute atomic E-state index is 0.0598. The van der Waals surface area contributed by atoms with Gasteiger partial charge in [-0.05, 0) is 44.7 Å². The summed E-state index contributed by atoms with van der Waals surface area (Å²) in [6.45, 7) is 5.03. The number of fused-ring (bicyclic) bond motifs is 1. The van der Waals surface area contributed by atoms with E-state index in [2.05, 4.69) is 5.32 Å². The monoisotopic (exact) mass is 317 g/mol. The molecule has 1 unspecified atom stereocenters. The molecule has 0 aromatic heterocycles. The van der Waals surface area contributed by atoms with E-state index in [0.717, 1.165) is 12.8 Å². The van der Waals surface area contributed by atoms with Crippen molar-refractivity contribution < 1.29 is 19.1 Å². The molecule has 1 atom stereocenters. The zero-order valence-corrected chi connectivity index (χ0v) is 13.7. The van der Waals surface area contributed by atoms with Crippen LogP contribution in [0, 0.1) is 5.92 Å². The molecule has 0 saturated carbocycles. The van der Waals surface area contributed by atoms with E-state index in [-0.39, 0.29) is 11.7 Å². The number of carbonyl (C=O) groups is 2. The first kappa shape index (κ1) is 15.8. The van der Waals surface area contributed by atoms with E-state index in [4.69, 9.17) is 9.47 Å². The van der Waals surface area contributed by atoms with Gasteiger partial charge >= 0.3 is 0 Å². The quantitative estimate of drug-likeness (QED) is 0.931. The van der Waals surface area contributed by atoms with E-state index in [1.165, 1.54) is 0 Å². The van der Waals surface area contributed by atoms with Crippen molar-refractivity contribution in [3.05, 3.63) is 23.8 Å². The zero-order valence-electron chi connectivity index (χ0n) is 13.7.